The Balaban J connectivity index is 1.67. The second-order valence-electron chi connectivity index (χ2n) is 8.07. The molecule has 0 radical (unpaired) electrons. The van der Waals surface area contributed by atoms with E-state index in [4.69, 9.17) is 9.73 Å². The molecule has 2 N–H and O–H groups in total. The molecule has 8 heteroatoms. The lowest BCUT2D eigenvalue weighted by Gasteiger charge is -2.29. The van der Waals surface area contributed by atoms with Gasteiger partial charge in [0.2, 0.25) is 0 Å². The number of nitrogens with one attached hydrogen (secondary N) is 2. The SMILES string of the molecule is CCc1nncn1CCNC(=NCC(c1ccccc1)N(CC)CC)NCC1CCCO1. The molecule has 0 bridgehead atoms. The van der Waals surface area contributed by atoms with Crippen molar-refractivity contribution in [2.75, 3.05) is 39.3 Å². The van der Waals surface area contributed by atoms with Crippen LogP contribution in [-0.4, -0.2) is 71.1 Å². The molecule has 0 saturated carbocycles. The first kappa shape index (κ1) is 24.2. The van der Waals surface area contributed by atoms with Gasteiger partial charge in [-0.1, -0.05) is 51.1 Å². The average Bonchev–Trinajstić information content (AvgIpc) is 3.52. The summed E-state index contributed by atoms with van der Waals surface area (Å²) in [6.45, 7) is 12.4. The van der Waals surface area contributed by atoms with E-state index in [1.807, 2.05) is 0 Å². The summed E-state index contributed by atoms with van der Waals surface area (Å²) in [5.74, 6) is 1.84. The predicted molar refractivity (Wildman–Crippen MR) is 129 cm³/mol. The lowest BCUT2D eigenvalue weighted by Crippen LogP contribution is -2.43. The number of nitrogens with zero attached hydrogens (tertiary/aromatic N) is 5. The topological polar surface area (TPSA) is 79.6 Å². The third kappa shape index (κ3) is 7.03. The van der Waals surface area contributed by atoms with Crippen LogP contribution in [0.1, 0.15) is 51.0 Å². The normalized spacial score (nSPS) is 17.6. The van der Waals surface area contributed by atoms with Gasteiger partial charge in [0.25, 0.3) is 0 Å². The summed E-state index contributed by atoms with van der Waals surface area (Å²) in [6.07, 6.45) is 5.17. The fourth-order valence-electron chi connectivity index (χ4n) is 4.17. The van der Waals surface area contributed by atoms with Crippen LogP contribution in [0, 0.1) is 0 Å². The molecule has 1 aromatic carbocycles. The van der Waals surface area contributed by atoms with Crippen LogP contribution in [0.25, 0.3) is 0 Å². The minimum absolute atomic E-state index is 0.247. The number of aryl methyl sites for hydroxylation is 1. The summed E-state index contributed by atoms with van der Waals surface area (Å²) in [4.78, 5) is 7.46. The van der Waals surface area contributed by atoms with Gasteiger partial charge >= 0.3 is 0 Å². The highest BCUT2D eigenvalue weighted by Crippen LogP contribution is 2.20. The number of rotatable bonds is 12. The number of aliphatic imine (C=N–C) groups is 1. The monoisotopic (exact) mass is 441 g/mol. The molecule has 1 aromatic heterocycles. The van der Waals surface area contributed by atoms with Crippen molar-refractivity contribution in [3.05, 3.63) is 48.0 Å². The molecule has 1 aliphatic heterocycles. The summed E-state index contributed by atoms with van der Waals surface area (Å²) in [5, 5.41) is 15.2. The van der Waals surface area contributed by atoms with E-state index in [9.17, 15) is 0 Å². The zero-order chi connectivity index (χ0) is 22.6. The second kappa shape index (κ2) is 13.2. The Morgan fingerprint density at radius 1 is 1.22 bits per heavy atom. The minimum Gasteiger partial charge on any atom is -0.376 e. The van der Waals surface area contributed by atoms with Gasteiger partial charge in [-0.25, -0.2) is 0 Å². The van der Waals surface area contributed by atoms with Crippen LogP contribution < -0.4 is 10.6 Å². The second-order valence-corrected chi connectivity index (χ2v) is 8.07. The van der Waals surface area contributed by atoms with E-state index >= 15 is 0 Å². The molecule has 8 nitrogen and oxygen atoms in total. The summed E-state index contributed by atoms with van der Waals surface area (Å²) >= 11 is 0. The molecule has 0 spiro atoms. The van der Waals surface area contributed by atoms with Crippen molar-refractivity contribution in [2.24, 2.45) is 4.99 Å². The number of hydrogen-bond acceptors (Lipinski definition) is 5. The summed E-state index contributed by atoms with van der Waals surface area (Å²) in [5.41, 5.74) is 1.30. The highest BCUT2D eigenvalue weighted by atomic mass is 16.5. The molecule has 2 atom stereocenters. The van der Waals surface area contributed by atoms with Crippen molar-refractivity contribution in [3.8, 4) is 0 Å². The molecule has 2 unspecified atom stereocenters. The molecular formula is C24H39N7O. The molecule has 176 valence electrons. The van der Waals surface area contributed by atoms with E-state index in [0.717, 1.165) is 70.4 Å². The van der Waals surface area contributed by atoms with Crippen LogP contribution >= 0.6 is 0 Å². The first-order valence-electron chi connectivity index (χ1n) is 12.0. The smallest absolute Gasteiger partial charge is 0.191 e. The number of guanidine groups is 1. The highest BCUT2D eigenvalue weighted by Gasteiger charge is 2.19. The summed E-state index contributed by atoms with van der Waals surface area (Å²) in [7, 11) is 0. The van der Waals surface area contributed by atoms with Crippen LogP contribution in [-0.2, 0) is 17.7 Å². The maximum absolute atomic E-state index is 5.79. The van der Waals surface area contributed by atoms with Gasteiger partial charge in [-0.2, -0.15) is 0 Å². The standard InChI is InChI=1S/C24H39N7O/c1-4-23-29-28-19-31(23)15-14-25-24(26-17-21-13-10-16-32-21)27-18-22(30(5-2)6-3)20-11-8-7-9-12-20/h7-9,11-12,19,21-22H,4-6,10,13-18H2,1-3H3,(H2,25,26,27). The van der Waals surface area contributed by atoms with Gasteiger partial charge < -0.3 is 19.9 Å². The maximum Gasteiger partial charge on any atom is 0.191 e. The van der Waals surface area contributed by atoms with Gasteiger partial charge in [-0.05, 0) is 31.5 Å². The van der Waals surface area contributed by atoms with Crippen molar-refractivity contribution in [3.63, 3.8) is 0 Å². The molecule has 2 heterocycles. The maximum atomic E-state index is 5.79. The van der Waals surface area contributed by atoms with Crippen LogP contribution in [0.2, 0.25) is 0 Å². The van der Waals surface area contributed by atoms with Crippen molar-refractivity contribution < 1.29 is 4.74 Å². The Hall–Kier alpha value is -2.45. The van der Waals surface area contributed by atoms with E-state index in [0.29, 0.717) is 6.54 Å². The van der Waals surface area contributed by atoms with E-state index in [1.165, 1.54) is 5.56 Å². The van der Waals surface area contributed by atoms with Gasteiger partial charge in [0, 0.05) is 32.7 Å². The Morgan fingerprint density at radius 2 is 2.03 bits per heavy atom. The molecule has 1 saturated heterocycles. The molecule has 3 rings (SSSR count). The van der Waals surface area contributed by atoms with Gasteiger partial charge in [0.05, 0.1) is 18.7 Å². The number of likely N-dealkylation sites (N-methyl/N-ethyl adjacent to an activating group) is 1. The van der Waals surface area contributed by atoms with Gasteiger partial charge in [0.15, 0.2) is 5.96 Å². The zero-order valence-electron chi connectivity index (χ0n) is 19.8. The largest absolute Gasteiger partial charge is 0.376 e. The Kier molecular flexibility index (Phi) is 9.97. The number of aromatic nitrogens is 3. The lowest BCUT2D eigenvalue weighted by molar-refractivity contribution is 0.113. The minimum atomic E-state index is 0.247. The van der Waals surface area contributed by atoms with Crippen molar-refractivity contribution in [1.82, 2.24) is 30.3 Å². The average molecular weight is 442 g/mol. The van der Waals surface area contributed by atoms with E-state index in [1.54, 1.807) is 6.33 Å². The highest BCUT2D eigenvalue weighted by molar-refractivity contribution is 5.79. The van der Waals surface area contributed by atoms with Crippen LogP contribution in [0.3, 0.4) is 0 Å². The lowest BCUT2D eigenvalue weighted by atomic mass is 10.1. The van der Waals surface area contributed by atoms with Gasteiger partial charge in [-0.3, -0.25) is 9.89 Å². The quantitative estimate of drug-likeness (QED) is 0.389. The van der Waals surface area contributed by atoms with E-state index in [2.05, 4.69) is 81.4 Å². The fourth-order valence-corrected chi connectivity index (χ4v) is 4.17. The number of hydrogen-bond donors (Lipinski definition) is 2. The molecule has 0 amide bonds. The van der Waals surface area contributed by atoms with Crippen LogP contribution in [0.5, 0.6) is 0 Å². The molecule has 32 heavy (non-hydrogen) atoms. The van der Waals surface area contributed by atoms with E-state index < -0.39 is 0 Å². The first-order chi connectivity index (χ1) is 15.7. The Morgan fingerprint density at radius 3 is 2.72 bits per heavy atom. The summed E-state index contributed by atoms with van der Waals surface area (Å²) in [6, 6.07) is 10.9. The molecule has 0 aliphatic carbocycles. The van der Waals surface area contributed by atoms with Crippen molar-refractivity contribution in [2.45, 2.75) is 58.7 Å². The Labute approximate surface area is 192 Å². The third-order valence-corrected chi connectivity index (χ3v) is 6.04. The molecule has 1 aliphatic rings. The first-order valence-corrected chi connectivity index (χ1v) is 12.0. The van der Waals surface area contributed by atoms with Crippen LogP contribution in [0.15, 0.2) is 41.7 Å². The van der Waals surface area contributed by atoms with Gasteiger partial charge in [0.1, 0.15) is 12.2 Å². The molecule has 1 fully saturated rings. The molecular weight excluding hydrogens is 402 g/mol. The predicted octanol–water partition coefficient (Wildman–Crippen LogP) is 2.64. The number of ether oxygens (including phenoxy) is 1. The van der Waals surface area contributed by atoms with Gasteiger partial charge in [-0.15, -0.1) is 10.2 Å². The van der Waals surface area contributed by atoms with Crippen molar-refractivity contribution >= 4 is 5.96 Å². The van der Waals surface area contributed by atoms with Crippen LogP contribution in [0.4, 0.5) is 0 Å². The number of benzene rings is 1. The third-order valence-electron chi connectivity index (χ3n) is 6.04. The Bertz CT molecular complexity index is 798. The van der Waals surface area contributed by atoms with E-state index in [-0.39, 0.29) is 12.1 Å². The molecule has 2 aromatic rings. The fraction of sp³-hybridized carbons (Fsp3) is 0.625. The summed E-state index contributed by atoms with van der Waals surface area (Å²) < 4.78 is 7.88. The van der Waals surface area contributed by atoms with Crippen molar-refractivity contribution in [1.29, 1.82) is 0 Å². The zero-order valence-corrected chi connectivity index (χ0v) is 19.8.